The number of hydrogen-bond acceptors (Lipinski definition) is 5. The second-order valence-electron chi connectivity index (χ2n) is 11.6. The van der Waals surface area contributed by atoms with Crippen molar-refractivity contribution in [2.75, 3.05) is 32.4 Å². The molecule has 0 unspecified atom stereocenters. The van der Waals surface area contributed by atoms with Crippen LogP contribution in [-0.4, -0.2) is 86.4 Å². The first-order valence-electron chi connectivity index (χ1n) is 14.8. The number of nitrogens with one attached hydrogen (secondary N) is 2. The molecule has 0 spiro atoms. The van der Waals surface area contributed by atoms with Crippen molar-refractivity contribution in [2.45, 2.75) is 76.3 Å². The van der Waals surface area contributed by atoms with E-state index in [2.05, 4.69) is 15.0 Å². The van der Waals surface area contributed by atoms with Gasteiger partial charge < -0.3 is 20.9 Å². The molecule has 4 N–H and O–H groups in total. The van der Waals surface area contributed by atoms with Gasteiger partial charge in [-0.15, -0.1) is 0 Å². The number of nitrogens with two attached hydrogens (primary N) is 1. The highest BCUT2D eigenvalue weighted by Crippen LogP contribution is 2.25. The second kappa shape index (κ2) is 14.3. The molecule has 2 heterocycles. The highest BCUT2D eigenvalue weighted by molar-refractivity contribution is 7.88. The Labute approximate surface area is 243 Å². The first kappa shape index (κ1) is 31.0. The number of piperidine rings is 1. The number of guanidine groups is 1. The van der Waals surface area contributed by atoms with Crippen LogP contribution in [0.4, 0.5) is 0 Å². The summed E-state index contributed by atoms with van der Waals surface area (Å²) in [5.74, 6) is -0.174. The van der Waals surface area contributed by atoms with E-state index < -0.39 is 22.1 Å². The van der Waals surface area contributed by atoms with Crippen molar-refractivity contribution in [3.8, 4) is 0 Å². The number of benzene rings is 1. The molecule has 1 aliphatic carbocycles. The lowest BCUT2D eigenvalue weighted by Gasteiger charge is -2.33. The van der Waals surface area contributed by atoms with Gasteiger partial charge in [0.05, 0.1) is 6.26 Å². The number of sulfonamides is 1. The fourth-order valence-electron chi connectivity index (χ4n) is 6.14. The number of amides is 3. The van der Waals surface area contributed by atoms with Gasteiger partial charge in [0, 0.05) is 32.1 Å². The minimum Gasteiger partial charge on any atom is -0.369 e. The maximum absolute atomic E-state index is 13.5. The Kier molecular flexibility index (Phi) is 10.8. The van der Waals surface area contributed by atoms with Gasteiger partial charge in [-0.1, -0.05) is 49.6 Å². The van der Waals surface area contributed by atoms with Gasteiger partial charge in [0.1, 0.15) is 12.1 Å². The van der Waals surface area contributed by atoms with Crippen LogP contribution in [0.25, 0.3) is 0 Å². The maximum Gasteiger partial charge on any atom is 0.251 e. The molecule has 0 radical (unpaired) electrons. The third-order valence-electron chi connectivity index (χ3n) is 8.46. The van der Waals surface area contributed by atoms with E-state index in [4.69, 9.17) is 5.73 Å². The zero-order valence-corrected chi connectivity index (χ0v) is 24.8. The number of rotatable bonds is 9. The summed E-state index contributed by atoms with van der Waals surface area (Å²) in [7, 11) is -3.64. The zero-order valence-electron chi connectivity index (χ0n) is 24.0. The maximum atomic E-state index is 13.5. The zero-order chi connectivity index (χ0) is 29.4. The normalized spacial score (nSPS) is 22.0. The van der Waals surface area contributed by atoms with Crippen LogP contribution in [0.1, 0.15) is 63.4 Å². The van der Waals surface area contributed by atoms with Crippen molar-refractivity contribution < 1.29 is 22.8 Å². The van der Waals surface area contributed by atoms with Gasteiger partial charge in [0.2, 0.25) is 21.8 Å². The van der Waals surface area contributed by atoms with E-state index in [9.17, 15) is 22.8 Å². The summed E-state index contributed by atoms with van der Waals surface area (Å²) in [6, 6.07) is 7.61. The van der Waals surface area contributed by atoms with Crippen LogP contribution in [-0.2, 0) is 30.8 Å². The lowest BCUT2D eigenvalue weighted by molar-refractivity contribution is -0.139. The number of carbonyl (C=O) groups excluding carboxylic acids is 3. The largest absolute Gasteiger partial charge is 0.369 e. The molecule has 41 heavy (non-hydrogen) atoms. The van der Waals surface area contributed by atoms with Gasteiger partial charge >= 0.3 is 0 Å². The van der Waals surface area contributed by atoms with Gasteiger partial charge in [-0.05, 0) is 56.4 Å². The van der Waals surface area contributed by atoms with Gasteiger partial charge in [-0.3, -0.25) is 14.4 Å². The Morgan fingerprint density at radius 3 is 2.32 bits per heavy atom. The molecule has 3 aliphatic rings. The standard InChI is InChI=1S/C29H44N6O5S/c1-41(39,40)33-24(19-21-9-4-2-5-10-21)28(38)35-16-8-13-25(35)27(37)31-20-22-14-17-34(18-15-22)29(30)32-26(36)23-11-6-3-7-12-23/h2,4-5,9-10,22-25,33H,3,6-8,11-20H2,1H3,(H,31,37)(H2,30,32,36)/t24-,25+/m1/s1. The van der Waals surface area contributed by atoms with Crippen molar-refractivity contribution in [3.63, 3.8) is 0 Å². The van der Waals surface area contributed by atoms with Crippen LogP contribution in [0.3, 0.4) is 0 Å². The van der Waals surface area contributed by atoms with Crippen LogP contribution in [0.15, 0.2) is 35.3 Å². The van der Waals surface area contributed by atoms with E-state index in [0.717, 1.165) is 50.3 Å². The predicted octanol–water partition coefficient (Wildman–Crippen LogP) is 1.39. The van der Waals surface area contributed by atoms with E-state index >= 15 is 0 Å². The monoisotopic (exact) mass is 588 g/mol. The van der Waals surface area contributed by atoms with Crippen LogP contribution < -0.4 is 15.8 Å². The van der Waals surface area contributed by atoms with Crippen LogP contribution >= 0.6 is 0 Å². The predicted molar refractivity (Wildman–Crippen MR) is 157 cm³/mol. The van der Waals surface area contributed by atoms with Crippen molar-refractivity contribution in [3.05, 3.63) is 35.9 Å². The summed E-state index contributed by atoms with van der Waals surface area (Å²) in [5.41, 5.74) is 7.00. The molecular weight excluding hydrogens is 544 g/mol. The quantitative estimate of drug-likeness (QED) is 0.291. The minimum atomic E-state index is -3.64. The fourth-order valence-corrected chi connectivity index (χ4v) is 6.85. The average molecular weight is 589 g/mol. The molecular formula is C29H44N6O5S. The topological polar surface area (TPSA) is 154 Å². The molecule has 2 saturated heterocycles. The first-order valence-corrected chi connectivity index (χ1v) is 16.7. The summed E-state index contributed by atoms with van der Waals surface area (Å²) in [4.78, 5) is 46.8. The summed E-state index contributed by atoms with van der Waals surface area (Å²) < 4.78 is 26.5. The summed E-state index contributed by atoms with van der Waals surface area (Å²) in [6.45, 7) is 2.23. The molecule has 226 valence electrons. The number of carbonyl (C=O) groups is 3. The molecule has 4 rings (SSSR count). The molecule has 0 aromatic heterocycles. The minimum absolute atomic E-state index is 0.00661. The molecule has 2 atom stereocenters. The molecule has 3 amide bonds. The van der Waals surface area contributed by atoms with E-state index in [1.54, 1.807) is 0 Å². The van der Waals surface area contributed by atoms with E-state index in [-0.39, 0.29) is 41.9 Å². The Morgan fingerprint density at radius 1 is 0.976 bits per heavy atom. The second-order valence-corrected chi connectivity index (χ2v) is 13.4. The summed E-state index contributed by atoms with van der Waals surface area (Å²) >= 11 is 0. The van der Waals surface area contributed by atoms with Gasteiger partial charge in [-0.25, -0.2) is 13.1 Å². The lowest BCUT2D eigenvalue weighted by Crippen LogP contribution is -2.54. The molecule has 1 aromatic carbocycles. The van der Waals surface area contributed by atoms with Gasteiger partial charge in [0.15, 0.2) is 5.96 Å². The fraction of sp³-hybridized carbons (Fsp3) is 0.655. The van der Waals surface area contributed by atoms with Crippen molar-refractivity contribution in [2.24, 2.45) is 22.6 Å². The highest BCUT2D eigenvalue weighted by Gasteiger charge is 2.38. The number of likely N-dealkylation sites (tertiary alicyclic amines) is 2. The Hall–Kier alpha value is -2.99. The number of hydrogen-bond donors (Lipinski definition) is 3. The molecule has 1 saturated carbocycles. The van der Waals surface area contributed by atoms with Crippen LogP contribution in [0, 0.1) is 11.8 Å². The Morgan fingerprint density at radius 2 is 1.66 bits per heavy atom. The molecule has 11 nitrogen and oxygen atoms in total. The van der Waals surface area contributed by atoms with Crippen LogP contribution in [0.2, 0.25) is 0 Å². The number of aliphatic imine (C=N–C) groups is 1. The van der Waals surface area contributed by atoms with Gasteiger partial charge in [0.25, 0.3) is 5.91 Å². The summed E-state index contributed by atoms with van der Waals surface area (Å²) in [6.07, 6.45) is 9.16. The molecule has 1 aromatic rings. The Bertz CT molecular complexity index is 1190. The van der Waals surface area contributed by atoms with E-state index in [0.29, 0.717) is 39.0 Å². The number of nitrogens with zero attached hydrogens (tertiary/aromatic N) is 3. The van der Waals surface area contributed by atoms with Gasteiger partial charge in [-0.2, -0.15) is 4.99 Å². The van der Waals surface area contributed by atoms with Crippen molar-refractivity contribution in [1.29, 1.82) is 0 Å². The first-order chi connectivity index (χ1) is 19.6. The molecule has 0 bridgehead atoms. The van der Waals surface area contributed by atoms with E-state index in [1.165, 1.54) is 11.3 Å². The summed E-state index contributed by atoms with van der Waals surface area (Å²) in [5, 5.41) is 3.03. The average Bonchev–Trinajstić information content (AvgIpc) is 3.46. The van der Waals surface area contributed by atoms with E-state index in [1.807, 2.05) is 35.2 Å². The Balaban J connectivity index is 1.27. The highest BCUT2D eigenvalue weighted by atomic mass is 32.2. The molecule has 3 fully saturated rings. The van der Waals surface area contributed by atoms with Crippen LogP contribution in [0.5, 0.6) is 0 Å². The van der Waals surface area contributed by atoms with Crippen molar-refractivity contribution in [1.82, 2.24) is 19.8 Å². The third kappa shape index (κ3) is 9.00. The molecule has 12 heteroatoms. The third-order valence-corrected chi connectivity index (χ3v) is 9.17. The molecule has 2 aliphatic heterocycles. The smallest absolute Gasteiger partial charge is 0.251 e. The van der Waals surface area contributed by atoms with Crippen molar-refractivity contribution >= 4 is 33.7 Å². The lowest BCUT2D eigenvalue weighted by atomic mass is 9.89. The SMILES string of the molecule is CS(=O)(=O)N[C@H](Cc1ccccc1)C(=O)N1CCC[C@H]1C(=O)NCC1CCN(C(N)=NC(=O)C2CCCCC2)CC1.